The highest BCUT2D eigenvalue weighted by atomic mass is 32.2. The van der Waals surface area contributed by atoms with Crippen molar-refractivity contribution in [1.29, 1.82) is 0 Å². The van der Waals surface area contributed by atoms with Gasteiger partial charge in [0, 0.05) is 37.8 Å². The number of hydrogen-bond donors (Lipinski definition) is 1. The molecule has 2 aliphatic rings. The Morgan fingerprint density at radius 2 is 1.59 bits per heavy atom. The molecule has 37 heavy (non-hydrogen) atoms. The molecular weight excluding hydrogens is 521 g/mol. The Balaban J connectivity index is 1.39. The number of halogens is 1. The van der Waals surface area contributed by atoms with E-state index < -0.39 is 31.8 Å². The van der Waals surface area contributed by atoms with Crippen molar-refractivity contribution in [2.75, 3.05) is 38.6 Å². The van der Waals surface area contributed by atoms with Crippen molar-refractivity contribution in [3.8, 4) is 5.75 Å². The van der Waals surface area contributed by atoms with Crippen LogP contribution in [-0.2, 0) is 30.6 Å². The van der Waals surface area contributed by atoms with E-state index in [0.29, 0.717) is 37.2 Å². The summed E-state index contributed by atoms with van der Waals surface area (Å²) in [7, 11) is -5.98. The van der Waals surface area contributed by atoms with Crippen molar-refractivity contribution < 1.29 is 30.8 Å². The summed E-state index contributed by atoms with van der Waals surface area (Å²) in [5.74, 6) is -1.16. The van der Waals surface area contributed by atoms with Gasteiger partial charge in [-0.25, -0.2) is 25.5 Å². The summed E-state index contributed by atoms with van der Waals surface area (Å²) in [5, 5.41) is 2.80. The van der Waals surface area contributed by atoms with Crippen LogP contribution in [0.3, 0.4) is 0 Å². The van der Waals surface area contributed by atoms with Crippen molar-refractivity contribution >= 4 is 31.6 Å². The Hall–Kier alpha value is -2.54. The molecule has 0 aliphatic carbocycles. The Labute approximate surface area is 217 Å². The number of benzene rings is 2. The monoisotopic (exact) mass is 553 g/mol. The van der Waals surface area contributed by atoms with Gasteiger partial charge in [-0.05, 0) is 61.6 Å². The fraction of sp³-hybridized carbons (Fsp3) is 0.480. The molecule has 2 saturated heterocycles. The summed E-state index contributed by atoms with van der Waals surface area (Å²) in [4.78, 5) is 13.0. The number of ether oxygens (including phenoxy) is 1. The molecule has 0 radical (unpaired) electrons. The SMILES string of the molecule is COc1ccc(NC(=O)C2CCN(S(=O)(=O)Cc3ccc(F)cc3)CC2)cc1S(=O)(=O)N1CCCCC1. The fourth-order valence-electron chi connectivity index (χ4n) is 4.72. The predicted molar refractivity (Wildman–Crippen MR) is 138 cm³/mol. The van der Waals surface area contributed by atoms with Gasteiger partial charge in [-0.3, -0.25) is 4.79 Å². The lowest BCUT2D eigenvalue weighted by Gasteiger charge is -2.30. The van der Waals surface area contributed by atoms with Crippen LogP contribution in [0.15, 0.2) is 47.4 Å². The smallest absolute Gasteiger partial charge is 0.246 e. The van der Waals surface area contributed by atoms with Crippen molar-refractivity contribution in [2.45, 2.75) is 42.8 Å². The minimum atomic E-state index is -3.78. The molecule has 2 aromatic rings. The summed E-state index contributed by atoms with van der Waals surface area (Å²) in [6.45, 7) is 1.28. The number of carbonyl (C=O) groups is 1. The van der Waals surface area contributed by atoms with Crippen LogP contribution in [0.25, 0.3) is 0 Å². The lowest BCUT2D eigenvalue weighted by atomic mass is 9.97. The molecule has 2 aromatic carbocycles. The molecule has 202 valence electrons. The van der Waals surface area contributed by atoms with Crippen LogP contribution in [0, 0.1) is 11.7 Å². The van der Waals surface area contributed by atoms with E-state index in [0.717, 1.165) is 19.3 Å². The first kappa shape index (κ1) is 27.5. The van der Waals surface area contributed by atoms with Gasteiger partial charge in [0.1, 0.15) is 16.5 Å². The highest BCUT2D eigenvalue weighted by molar-refractivity contribution is 7.89. The van der Waals surface area contributed by atoms with Crippen LogP contribution < -0.4 is 10.1 Å². The van der Waals surface area contributed by atoms with Crippen LogP contribution in [0.1, 0.15) is 37.7 Å². The van der Waals surface area contributed by atoms with Crippen LogP contribution in [0.4, 0.5) is 10.1 Å². The average Bonchev–Trinajstić information content (AvgIpc) is 2.90. The van der Waals surface area contributed by atoms with E-state index in [1.54, 1.807) is 6.07 Å². The first-order valence-electron chi connectivity index (χ1n) is 12.3. The van der Waals surface area contributed by atoms with Crippen molar-refractivity contribution in [1.82, 2.24) is 8.61 Å². The minimum Gasteiger partial charge on any atom is -0.495 e. The summed E-state index contributed by atoms with van der Waals surface area (Å²) < 4.78 is 73.3. The second-order valence-corrected chi connectivity index (χ2v) is 13.3. The molecule has 1 N–H and O–H groups in total. The van der Waals surface area contributed by atoms with Gasteiger partial charge < -0.3 is 10.1 Å². The van der Waals surface area contributed by atoms with E-state index in [1.807, 2.05) is 0 Å². The van der Waals surface area contributed by atoms with E-state index in [4.69, 9.17) is 4.74 Å². The predicted octanol–water partition coefficient (Wildman–Crippen LogP) is 3.19. The zero-order valence-electron chi connectivity index (χ0n) is 20.7. The third-order valence-electron chi connectivity index (χ3n) is 6.84. The van der Waals surface area contributed by atoms with Gasteiger partial charge in [-0.1, -0.05) is 18.6 Å². The minimum absolute atomic E-state index is 0.0106. The molecule has 0 atom stereocenters. The Morgan fingerprint density at radius 3 is 2.22 bits per heavy atom. The number of sulfonamides is 2. The highest BCUT2D eigenvalue weighted by Gasteiger charge is 2.32. The summed E-state index contributed by atoms with van der Waals surface area (Å²) in [6.07, 6.45) is 3.27. The first-order valence-corrected chi connectivity index (χ1v) is 15.4. The molecule has 0 aromatic heterocycles. The highest BCUT2D eigenvalue weighted by Crippen LogP contribution is 2.32. The lowest BCUT2D eigenvalue weighted by Crippen LogP contribution is -2.41. The van der Waals surface area contributed by atoms with Gasteiger partial charge in [0.25, 0.3) is 0 Å². The van der Waals surface area contributed by atoms with E-state index in [1.165, 1.54) is 52.1 Å². The fourth-order valence-corrected chi connectivity index (χ4v) is 7.99. The number of methoxy groups -OCH3 is 1. The molecule has 9 nitrogen and oxygen atoms in total. The average molecular weight is 554 g/mol. The molecule has 0 bridgehead atoms. The quantitative estimate of drug-likeness (QED) is 0.537. The second-order valence-electron chi connectivity index (χ2n) is 9.38. The molecule has 2 aliphatic heterocycles. The first-order chi connectivity index (χ1) is 17.6. The molecule has 0 saturated carbocycles. The van der Waals surface area contributed by atoms with Crippen molar-refractivity contribution in [3.63, 3.8) is 0 Å². The third-order valence-corrected chi connectivity index (χ3v) is 10.6. The van der Waals surface area contributed by atoms with Crippen LogP contribution >= 0.6 is 0 Å². The van der Waals surface area contributed by atoms with E-state index in [9.17, 15) is 26.0 Å². The number of piperidine rings is 2. The van der Waals surface area contributed by atoms with E-state index >= 15 is 0 Å². The van der Waals surface area contributed by atoms with Gasteiger partial charge >= 0.3 is 0 Å². The third kappa shape index (κ3) is 6.49. The van der Waals surface area contributed by atoms with Crippen LogP contribution in [-0.4, -0.2) is 64.6 Å². The molecular formula is C25H32FN3O6S2. The van der Waals surface area contributed by atoms with E-state index in [2.05, 4.69) is 5.32 Å². The number of amides is 1. The van der Waals surface area contributed by atoms with Gasteiger partial charge in [0.05, 0.1) is 12.9 Å². The van der Waals surface area contributed by atoms with Crippen LogP contribution in [0.5, 0.6) is 5.75 Å². The van der Waals surface area contributed by atoms with Gasteiger partial charge in [0.2, 0.25) is 26.0 Å². The molecule has 2 fully saturated rings. The second kappa shape index (κ2) is 11.5. The number of carbonyl (C=O) groups excluding carboxylic acids is 1. The topological polar surface area (TPSA) is 113 Å². The Bertz CT molecular complexity index is 1320. The number of anilines is 1. The van der Waals surface area contributed by atoms with Crippen LogP contribution in [0.2, 0.25) is 0 Å². The van der Waals surface area contributed by atoms with Crippen molar-refractivity contribution in [2.24, 2.45) is 5.92 Å². The maximum absolute atomic E-state index is 13.2. The maximum Gasteiger partial charge on any atom is 0.246 e. The molecule has 0 spiro atoms. The largest absolute Gasteiger partial charge is 0.495 e. The normalized spacial score (nSPS) is 18.4. The van der Waals surface area contributed by atoms with Gasteiger partial charge in [-0.15, -0.1) is 0 Å². The maximum atomic E-state index is 13.2. The zero-order chi connectivity index (χ0) is 26.6. The lowest BCUT2D eigenvalue weighted by molar-refractivity contribution is -0.120. The number of rotatable bonds is 8. The molecule has 0 unspecified atom stereocenters. The zero-order valence-corrected chi connectivity index (χ0v) is 22.4. The number of hydrogen-bond acceptors (Lipinski definition) is 6. The van der Waals surface area contributed by atoms with Crippen molar-refractivity contribution in [3.05, 3.63) is 53.8 Å². The summed E-state index contributed by atoms with van der Waals surface area (Å²) in [5.41, 5.74) is 0.837. The molecule has 12 heteroatoms. The molecule has 1 amide bonds. The molecule has 4 rings (SSSR count). The standard InChI is InChI=1S/C25H32FN3O6S2/c1-35-23-10-9-22(17-24(23)37(33,34)29-13-3-2-4-14-29)27-25(30)20-11-15-28(16-12-20)36(31,32)18-19-5-7-21(26)8-6-19/h5-10,17,20H,2-4,11-16,18H2,1H3,(H,27,30). The molecule has 2 heterocycles. The number of nitrogens with zero attached hydrogens (tertiary/aromatic N) is 2. The van der Waals surface area contributed by atoms with Gasteiger partial charge in [-0.2, -0.15) is 4.31 Å². The van der Waals surface area contributed by atoms with E-state index in [-0.39, 0.29) is 35.4 Å². The Morgan fingerprint density at radius 1 is 0.946 bits per heavy atom. The van der Waals surface area contributed by atoms with Gasteiger partial charge in [0.15, 0.2) is 0 Å². The summed E-state index contributed by atoms with van der Waals surface area (Å²) >= 11 is 0. The Kier molecular flexibility index (Phi) is 8.52. The summed E-state index contributed by atoms with van der Waals surface area (Å²) in [6, 6.07) is 9.88. The number of nitrogens with one attached hydrogen (secondary N) is 1.